The lowest BCUT2D eigenvalue weighted by molar-refractivity contribution is -0.117. The van der Waals surface area contributed by atoms with E-state index in [9.17, 15) is 4.79 Å². The average Bonchev–Trinajstić information content (AvgIpc) is 1.63. The van der Waals surface area contributed by atoms with Crippen molar-refractivity contribution in [3.05, 3.63) is 0 Å². The summed E-state index contributed by atoms with van der Waals surface area (Å²) in [5, 5.41) is -1.97. The molecule has 0 aliphatic rings. The monoisotopic (exact) mass is 210 g/mol. The van der Waals surface area contributed by atoms with E-state index in [4.69, 9.17) is 46.4 Å². The molecule has 0 heterocycles. The van der Waals surface area contributed by atoms with Gasteiger partial charge in [0.05, 0.1) is 0 Å². The van der Waals surface area contributed by atoms with Crippen LogP contribution >= 0.6 is 46.4 Å². The summed E-state index contributed by atoms with van der Waals surface area (Å²) in [5.41, 5.74) is -1.27. The van der Waals surface area contributed by atoms with Gasteiger partial charge in [-0.2, -0.15) is 0 Å². The summed E-state index contributed by atoms with van der Waals surface area (Å²) in [6, 6.07) is 0. The highest BCUT2D eigenvalue weighted by Gasteiger charge is 2.15. The molecule has 0 saturated carbocycles. The van der Waals surface area contributed by atoms with Gasteiger partial charge in [0, 0.05) is 0 Å². The second-order valence-electron chi connectivity index (χ2n) is 1.02. The van der Waals surface area contributed by atoms with E-state index in [0.717, 1.165) is 0 Å². The normalized spacial score (nSPS) is 13.9. The first-order valence-electron chi connectivity index (χ1n) is 1.81. The fourth-order valence-electron chi connectivity index (χ4n) is 0.144. The van der Waals surface area contributed by atoms with E-state index in [-0.39, 0.29) is 0 Å². The lowest BCUT2D eigenvalue weighted by Gasteiger charge is -2.04. The van der Waals surface area contributed by atoms with Gasteiger partial charge in [-0.05, 0) is 11.6 Å². The third-order valence-electron chi connectivity index (χ3n) is 0.401. The summed E-state index contributed by atoms with van der Waals surface area (Å²) in [5.74, 6) is 0. The third kappa shape index (κ3) is 5.25. The van der Waals surface area contributed by atoms with Crippen molar-refractivity contribution in [2.24, 2.45) is 0 Å². The van der Waals surface area contributed by atoms with E-state index < -0.39 is 15.8 Å². The standard InChI is InChI=1S/C3H2Cl4O2/c4-1(8)2(5)9-3(6)7/h2-3H. The Hall–Kier alpha value is 0.790. The highest BCUT2D eigenvalue weighted by atomic mass is 35.5. The zero-order valence-corrected chi connectivity index (χ0v) is 7.01. The van der Waals surface area contributed by atoms with Crippen molar-refractivity contribution in [2.75, 3.05) is 0 Å². The highest BCUT2D eigenvalue weighted by molar-refractivity contribution is 6.68. The van der Waals surface area contributed by atoms with Gasteiger partial charge in [0.15, 0.2) is 0 Å². The van der Waals surface area contributed by atoms with Crippen molar-refractivity contribution < 1.29 is 9.53 Å². The molecule has 0 amide bonds. The van der Waals surface area contributed by atoms with E-state index in [2.05, 4.69) is 4.74 Å². The van der Waals surface area contributed by atoms with E-state index in [1.165, 1.54) is 0 Å². The minimum atomic E-state index is -1.27. The van der Waals surface area contributed by atoms with Crippen molar-refractivity contribution in [1.29, 1.82) is 0 Å². The van der Waals surface area contributed by atoms with E-state index in [1.54, 1.807) is 0 Å². The van der Waals surface area contributed by atoms with Crippen LogP contribution in [0.3, 0.4) is 0 Å². The van der Waals surface area contributed by atoms with Gasteiger partial charge in [-0.1, -0.05) is 34.8 Å². The molecule has 1 atom stereocenters. The molecule has 0 spiro atoms. The molecule has 2 nitrogen and oxygen atoms in total. The smallest absolute Gasteiger partial charge is 0.266 e. The minimum Gasteiger partial charge on any atom is -0.321 e. The summed E-state index contributed by atoms with van der Waals surface area (Å²) in [4.78, 5) is 10.1. The van der Waals surface area contributed by atoms with Crippen LogP contribution < -0.4 is 0 Å². The topological polar surface area (TPSA) is 26.3 Å². The first kappa shape index (κ1) is 9.79. The molecule has 0 aromatic carbocycles. The van der Waals surface area contributed by atoms with Crippen LogP contribution in [0.25, 0.3) is 0 Å². The molecule has 0 aromatic heterocycles. The van der Waals surface area contributed by atoms with Crippen LogP contribution in [0.4, 0.5) is 0 Å². The third-order valence-corrected chi connectivity index (χ3v) is 1.22. The summed E-state index contributed by atoms with van der Waals surface area (Å²) in [6.45, 7) is 0. The van der Waals surface area contributed by atoms with E-state index >= 15 is 0 Å². The number of hydrogen-bond acceptors (Lipinski definition) is 2. The number of alkyl halides is 3. The zero-order chi connectivity index (χ0) is 7.44. The molecule has 0 rings (SSSR count). The molecule has 9 heavy (non-hydrogen) atoms. The number of ether oxygens (including phenoxy) is 1. The van der Waals surface area contributed by atoms with Gasteiger partial charge in [-0.15, -0.1) is 0 Å². The second kappa shape index (κ2) is 4.58. The van der Waals surface area contributed by atoms with Gasteiger partial charge in [-0.25, -0.2) is 0 Å². The lowest BCUT2D eigenvalue weighted by atomic mass is 10.8. The fraction of sp³-hybridized carbons (Fsp3) is 0.667. The van der Waals surface area contributed by atoms with Crippen LogP contribution in [-0.4, -0.2) is 15.8 Å². The Morgan fingerprint density at radius 1 is 1.33 bits per heavy atom. The molecule has 0 aromatic rings. The van der Waals surface area contributed by atoms with Crippen LogP contribution in [-0.2, 0) is 9.53 Å². The molecule has 0 fully saturated rings. The van der Waals surface area contributed by atoms with E-state index in [1.807, 2.05) is 0 Å². The number of carbonyl (C=O) groups excluding carboxylic acids is 1. The van der Waals surface area contributed by atoms with Gasteiger partial charge in [0.2, 0.25) is 10.6 Å². The molecule has 6 heteroatoms. The van der Waals surface area contributed by atoms with Crippen molar-refractivity contribution >= 4 is 51.6 Å². The Kier molecular flexibility index (Phi) is 4.98. The molecule has 0 N–H and O–H groups in total. The minimum absolute atomic E-state index is 0.844. The summed E-state index contributed by atoms with van der Waals surface area (Å²) < 4.78 is 4.33. The summed E-state index contributed by atoms with van der Waals surface area (Å²) in [6.07, 6.45) is 0. The Bertz CT molecular complexity index is 104. The van der Waals surface area contributed by atoms with Crippen molar-refractivity contribution in [3.63, 3.8) is 0 Å². The van der Waals surface area contributed by atoms with Gasteiger partial charge in [-0.3, -0.25) is 4.79 Å². The molecule has 0 aliphatic carbocycles. The number of rotatable bonds is 3. The second-order valence-corrected chi connectivity index (χ2v) is 2.80. The SMILES string of the molecule is O=C(Cl)C(Cl)OC(Cl)Cl. The Labute approximate surface area is 72.0 Å². The summed E-state index contributed by atoms with van der Waals surface area (Å²) in [7, 11) is 0. The van der Waals surface area contributed by atoms with Crippen molar-refractivity contribution in [1.82, 2.24) is 0 Å². The van der Waals surface area contributed by atoms with Gasteiger partial charge < -0.3 is 4.74 Å². The molecule has 1 unspecified atom stereocenters. The van der Waals surface area contributed by atoms with Crippen molar-refractivity contribution in [3.8, 4) is 0 Å². The molecular formula is C3H2Cl4O2. The molecular weight excluding hydrogens is 210 g/mol. The van der Waals surface area contributed by atoms with Gasteiger partial charge in [0.25, 0.3) is 5.24 Å². The highest BCUT2D eigenvalue weighted by Crippen LogP contribution is 2.12. The predicted octanol–water partition coefficient (Wildman–Crippen LogP) is 2.09. The first-order valence-corrected chi connectivity index (χ1v) is 3.50. The van der Waals surface area contributed by atoms with Crippen LogP contribution in [0.2, 0.25) is 0 Å². The number of halogens is 4. The molecule has 0 radical (unpaired) electrons. The molecule has 54 valence electrons. The van der Waals surface area contributed by atoms with Crippen LogP contribution in [0.15, 0.2) is 0 Å². The van der Waals surface area contributed by atoms with Crippen LogP contribution in [0.1, 0.15) is 0 Å². The maximum Gasteiger partial charge on any atom is 0.266 e. The zero-order valence-electron chi connectivity index (χ0n) is 3.98. The Balaban J connectivity index is 3.50. The Morgan fingerprint density at radius 3 is 1.89 bits per heavy atom. The maximum atomic E-state index is 10.1. The van der Waals surface area contributed by atoms with Crippen LogP contribution in [0.5, 0.6) is 0 Å². The average molecular weight is 212 g/mol. The van der Waals surface area contributed by atoms with Crippen LogP contribution in [0, 0.1) is 0 Å². The molecule has 0 aliphatic heterocycles. The quantitative estimate of drug-likeness (QED) is 0.528. The lowest BCUT2D eigenvalue weighted by Crippen LogP contribution is -2.14. The summed E-state index contributed by atoms with van der Waals surface area (Å²) >= 11 is 20.1. The van der Waals surface area contributed by atoms with E-state index in [0.29, 0.717) is 0 Å². The Morgan fingerprint density at radius 2 is 1.78 bits per heavy atom. The molecule has 0 bridgehead atoms. The fourth-order valence-corrected chi connectivity index (χ4v) is 0.609. The molecule has 0 saturated heterocycles. The number of carbonyl (C=O) groups is 1. The largest absolute Gasteiger partial charge is 0.321 e. The van der Waals surface area contributed by atoms with Gasteiger partial charge in [0.1, 0.15) is 0 Å². The van der Waals surface area contributed by atoms with Crippen molar-refractivity contribution in [2.45, 2.75) is 10.6 Å². The maximum absolute atomic E-state index is 10.1. The van der Waals surface area contributed by atoms with Gasteiger partial charge >= 0.3 is 0 Å². The number of hydrogen-bond donors (Lipinski definition) is 0. The predicted molar refractivity (Wildman–Crippen MR) is 37.1 cm³/mol. The first-order chi connectivity index (χ1) is 4.04.